The van der Waals surface area contributed by atoms with Crippen LogP contribution in [0.25, 0.3) is 22.1 Å². The predicted molar refractivity (Wildman–Crippen MR) is 82.1 cm³/mol. The third-order valence-corrected chi connectivity index (χ3v) is 3.58. The maximum Gasteiger partial charge on any atom is 0.275 e. The van der Waals surface area contributed by atoms with Crippen LogP contribution in [0.2, 0.25) is 0 Å². The van der Waals surface area contributed by atoms with Crippen molar-refractivity contribution in [3.8, 4) is 11.3 Å². The number of amides is 1. The minimum absolute atomic E-state index is 0.131. The van der Waals surface area contributed by atoms with E-state index >= 15 is 0 Å². The molecule has 21 heavy (non-hydrogen) atoms. The van der Waals surface area contributed by atoms with E-state index in [1.54, 1.807) is 18.0 Å². The van der Waals surface area contributed by atoms with Crippen LogP contribution >= 0.6 is 0 Å². The van der Waals surface area contributed by atoms with Gasteiger partial charge in [-0.25, -0.2) is 0 Å². The SMILES string of the molecule is CCN(C)C(=O)c1cc(-c2ccc3ccccc3c2)on1. The van der Waals surface area contributed by atoms with E-state index in [1.165, 1.54) is 5.39 Å². The second-order valence-corrected chi connectivity index (χ2v) is 4.96. The Balaban J connectivity index is 1.96. The number of hydrogen-bond acceptors (Lipinski definition) is 3. The summed E-state index contributed by atoms with van der Waals surface area (Å²) in [5.41, 5.74) is 1.25. The zero-order chi connectivity index (χ0) is 14.8. The summed E-state index contributed by atoms with van der Waals surface area (Å²) in [6.45, 7) is 2.55. The molecular formula is C17H16N2O2. The molecule has 0 fully saturated rings. The van der Waals surface area contributed by atoms with Crippen molar-refractivity contribution in [2.24, 2.45) is 0 Å². The number of rotatable bonds is 3. The van der Waals surface area contributed by atoms with Gasteiger partial charge in [0, 0.05) is 25.2 Å². The number of carbonyl (C=O) groups is 1. The number of benzene rings is 2. The van der Waals surface area contributed by atoms with Crippen molar-refractivity contribution in [3.63, 3.8) is 0 Å². The molecule has 0 saturated carbocycles. The van der Waals surface area contributed by atoms with Gasteiger partial charge < -0.3 is 9.42 Å². The monoisotopic (exact) mass is 280 g/mol. The van der Waals surface area contributed by atoms with Crippen molar-refractivity contribution in [1.82, 2.24) is 10.1 Å². The van der Waals surface area contributed by atoms with Crippen LogP contribution in [0.15, 0.2) is 53.1 Å². The Morgan fingerprint density at radius 3 is 2.67 bits per heavy atom. The topological polar surface area (TPSA) is 46.3 Å². The lowest BCUT2D eigenvalue weighted by atomic mass is 10.1. The van der Waals surface area contributed by atoms with Crippen LogP contribution in [0.5, 0.6) is 0 Å². The minimum atomic E-state index is -0.131. The molecule has 2 aromatic carbocycles. The van der Waals surface area contributed by atoms with Gasteiger partial charge in [0.15, 0.2) is 11.5 Å². The fourth-order valence-electron chi connectivity index (χ4n) is 2.19. The van der Waals surface area contributed by atoms with Gasteiger partial charge in [-0.2, -0.15) is 0 Å². The zero-order valence-electron chi connectivity index (χ0n) is 12.0. The van der Waals surface area contributed by atoms with Gasteiger partial charge in [-0.05, 0) is 23.8 Å². The lowest BCUT2D eigenvalue weighted by Gasteiger charge is -2.11. The molecule has 1 aromatic heterocycles. The molecule has 1 heterocycles. The quantitative estimate of drug-likeness (QED) is 0.736. The average Bonchev–Trinajstić information content (AvgIpc) is 3.02. The van der Waals surface area contributed by atoms with Gasteiger partial charge in [-0.3, -0.25) is 4.79 Å². The van der Waals surface area contributed by atoms with Gasteiger partial charge in [0.2, 0.25) is 0 Å². The van der Waals surface area contributed by atoms with Crippen molar-refractivity contribution in [2.75, 3.05) is 13.6 Å². The first-order chi connectivity index (χ1) is 10.2. The zero-order valence-corrected chi connectivity index (χ0v) is 12.0. The van der Waals surface area contributed by atoms with Crippen molar-refractivity contribution >= 4 is 16.7 Å². The Labute approximate surface area is 123 Å². The van der Waals surface area contributed by atoms with Crippen LogP contribution in [0.1, 0.15) is 17.4 Å². The maximum absolute atomic E-state index is 12.0. The minimum Gasteiger partial charge on any atom is -0.355 e. The Morgan fingerprint density at radius 1 is 1.14 bits per heavy atom. The second-order valence-electron chi connectivity index (χ2n) is 4.96. The van der Waals surface area contributed by atoms with Gasteiger partial charge >= 0.3 is 0 Å². The molecule has 106 valence electrons. The predicted octanol–water partition coefficient (Wildman–Crippen LogP) is 3.59. The van der Waals surface area contributed by atoms with E-state index in [-0.39, 0.29) is 5.91 Å². The molecule has 3 rings (SSSR count). The molecule has 0 spiro atoms. The summed E-state index contributed by atoms with van der Waals surface area (Å²) < 4.78 is 5.32. The molecule has 0 aliphatic heterocycles. The van der Waals surface area contributed by atoms with Gasteiger partial charge in [-0.1, -0.05) is 41.6 Å². The number of aromatic nitrogens is 1. The third kappa shape index (κ3) is 2.52. The lowest BCUT2D eigenvalue weighted by Crippen LogP contribution is -2.26. The number of hydrogen-bond donors (Lipinski definition) is 0. The Kier molecular flexibility index (Phi) is 3.44. The fourth-order valence-corrected chi connectivity index (χ4v) is 2.19. The maximum atomic E-state index is 12.0. The molecule has 0 N–H and O–H groups in total. The van der Waals surface area contributed by atoms with Crippen molar-refractivity contribution < 1.29 is 9.32 Å². The van der Waals surface area contributed by atoms with E-state index in [4.69, 9.17) is 4.52 Å². The molecule has 0 aliphatic carbocycles. The Hall–Kier alpha value is -2.62. The van der Waals surface area contributed by atoms with Crippen molar-refractivity contribution in [1.29, 1.82) is 0 Å². The summed E-state index contributed by atoms with van der Waals surface area (Å²) in [6, 6.07) is 15.8. The van der Waals surface area contributed by atoms with Crippen molar-refractivity contribution in [3.05, 3.63) is 54.2 Å². The molecule has 0 aliphatic rings. The first kappa shape index (κ1) is 13.4. The Morgan fingerprint density at radius 2 is 1.90 bits per heavy atom. The first-order valence-corrected chi connectivity index (χ1v) is 6.90. The molecule has 0 unspecified atom stereocenters. The van der Waals surface area contributed by atoms with E-state index in [2.05, 4.69) is 11.2 Å². The molecule has 4 heteroatoms. The summed E-state index contributed by atoms with van der Waals surface area (Å²) in [4.78, 5) is 13.6. The van der Waals surface area contributed by atoms with E-state index < -0.39 is 0 Å². The summed E-state index contributed by atoms with van der Waals surface area (Å²) in [7, 11) is 1.74. The highest BCUT2D eigenvalue weighted by atomic mass is 16.5. The van der Waals surface area contributed by atoms with E-state index in [0.717, 1.165) is 10.9 Å². The normalized spacial score (nSPS) is 10.8. The van der Waals surface area contributed by atoms with Gasteiger partial charge in [0.1, 0.15) is 0 Å². The molecule has 0 saturated heterocycles. The second kappa shape index (κ2) is 5.40. The molecule has 3 aromatic rings. The van der Waals surface area contributed by atoms with Crippen LogP contribution in [0.4, 0.5) is 0 Å². The van der Waals surface area contributed by atoms with E-state index in [9.17, 15) is 4.79 Å². The largest absolute Gasteiger partial charge is 0.355 e. The smallest absolute Gasteiger partial charge is 0.275 e. The van der Waals surface area contributed by atoms with Crippen LogP contribution in [-0.4, -0.2) is 29.6 Å². The standard InChI is InChI=1S/C17H16N2O2/c1-3-19(2)17(20)15-11-16(21-18-15)14-9-8-12-6-4-5-7-13(12)10-14/h4-11H,3H2,1-2H3. The highest BCUT2D eigenvalue weighted by molar-refractivity contribution is 5.93. The van der Waals surface area contributed by atoms with E-state index in [1.807, 2.05) is 43.3 Å². The van der Waals surface area contributed by atoms with E-state index in [0.29, 0.717) is 18.0 Å². The third-order valence-electron chi connectivity index (χ3n) is 3.58. The molecular weight excluding hydrogens is 264 g/mol. The lowest BCUT2D eigenvalue weighted by molar-refractivity contribution is 0.0792. The number of nitrogens with zero attached hydrogens (tertiary/aromatic N) is 2. The molecule has 0 bridgehead atoms. The summed E-state index contributed by atoms with van der Waals surface area (Å²) >= 11 is 0. The van der Waals surface area contributed by atoms with Gasteiger partial charge in [-0.15, -0.1) is 0 Å². The highest BCUT2D eigenvalue weighted by Gasteiger charge is 2.16. The summed E-state index contributed by atoms with van der Waals surface area (Å²) in [5, 5.41) is 6.17. The molecule has 1 amide bonds. The number of fused-ring (bicyclic) bond motifs is 1. The van der Waals surface area contributed by atoms with Gasteiger partial charge in [0.25, 0.3) is 5.91 Å². The average molecular weight is 280 g/mol. The first-order valence-electron chi connectivity index (χ1n) is 6.90. The number of carbonyl (C=O) groups excluding carboxylic acids is 1. The van der Waals surface area contributed by atoms with Crippen LogP contribution in [0.3, 0.4) is 0 Å². The van der Waals surface area contributed by atoms with Crippen molar-refractivity contribution in [2.45, 2.75) is 6.92 Å². The van der Waals surface area contributed by atoms with Crippen LogP contribution in [-0.2, 0) is 0 Å². The summed E-state index contributed by atoms with van der Waals surface area (Å²) in [5.74, 6) is 0.474. The molecule has 0 atom stereocenters. The highest BCUT2D eigenvalue weighted by Crippen LogP contribution is 2.25. The Bertz CT molecular complexity index is 792. The molecule has 0 radical (unpaired) electrons. The molecule has 4 nitrogen and oxygen atoms in total. The fraction of sp³-hybridized carbons (Fsp3) is 0.176. The summed E-state index contributed by atoms with van der Waals surface area (Å²) in [6.07, 6.45) is 0. The van der Waals surface area contributed by atoms with Crippen LogP contribution < -0.4 is 0 Å². The van der Waals surface area contributed by atoms with Gasteiger partial charge in [0.05, 0.1) is 0 Å². The van der Waals surface area contributed by atoms with Crippen LogP contribution in [0, 0.1) is 0 Å².